The first-order valence-corrected chi connectivity index (χ1v) is 14.7. The Hall–Kier alpha value is -4.40. The van der Waals surface area contributed by atoms with E-state index in [4.69, 9.17) is 26.1 Å². The Morgan fingerprint density at radius 1 is 1.07 bits per heavy atom. The van der Waals surface area contributed by atoms with E-state index in [1.165, 1.54) is 11.3 Å². The highest BCUT2D eigenvalue weighted by Crippen LogP contribution is 2.32. The van der Waals surface area contributed by atoms with Crippen molar-refractivity contribution in [3.63, 3.8) is 0 Å². The van der Waals surface area contributed by atoms with Gasteiger partial charge in [-0.2, -0.15) is 0 Å². The van der Waals surface area contributed by atoms with E-state index in [1.54, 1.807) is 25.5 Å². The fraction of sp³-hybridized carbons (Fsp3) is 0.182. The minimum Gasteiger partial charge on any atom is -0.497 e. The van der Waals surface area contributed by atoms with Crippen LogP contribution in [-0.2, 0) is 16.1 Å². The number of nitrogens with zero attached hydrogens (tertiary/aromatic N) is 3. The van der Waals surface area contributed by atoms with E-state index in [0.717, 1.165) is 27.7 Å². The zero-order chi connectivity index (χ0) is 29.4. The van der Waals surface area contributed by atoms with Gasteiger partial charge in [0.1, 0.15) is 5.75 Å². The molecule has 7 nitrogen and oxygen atoms in total. The number of thiazole rings is 1. The van der Waals surface area contributed by atoms with E-state index in [2.05, 4.69) is 22.8 Å². The van der Waals surface area contributed by atoms with Crippen LogP contribution in [0.1, 0.15) is 36.7 Å². The quantitative estimate of drug-likeness (QED) is 0.233. The van der Waals surface area contributed by atoms with E-state index in [9.17, 15) is 9.59 Å². The molecule has 0 amide bonds. The van der Waals surface area contributed by atoms with Gasteiger partial charge in [0.2, 0.25) is 0 Å². The fourth-order valence-electron chi connectivity index (χ4n) is 5.35. The van der Waals surface area contributed by atoms with Crippen LogP contribution >= 0.6 is 22.9 Å². The number of aromatic nitrogens is 2. The molecule has 9 heteroatoms. The number of methoxy groups -OCH3 is 1. The third-order valence-electron chi connectivity index (χ3n) is 7.36. The molecular formula is C33H28ClN3O4S. The molecule has 0 fully saturated rings. The van der Waals surface area contributed by atoms with Crippen molar-refractivity contribution in [2.45, 2.75) is 26.4 Å². The van der Waals surface area contributed by atoms with Crippen LogP contribution in [-0.4, -0.2) is 28.8 Å². The summed E-state index contributed by atoms with van der Waals surface area (Å²) < 4.78 is 15.0. The summed E-state index contributed by atoms with van der Waals surface area (Å²) in [4.78, 5) is 32.5. The second-order valence-corrected chi connectivity index (χ2v) is 11.3. The van der Waals surface area contributed by atoms with Gasteiger partial charge in [0, 0.05) is 28.2 Å². The number of carbonyl (C=O) groups excluding carboxylic acids is 1. The highest BCUT2D eigenvalue weighted by molar-refractivity contribution is 7.07. The third kappa shape index (κ3) is 4.97. The molecule has 0 saturated heterocycles. The molecule has 0 bridgehead atoms. The summed E-state index contributed by atoms with van der Waals surface area (Å²) in [5.41, 5.74) is 4.27. The third-order valence-corrected chi connectivity index (χ3v) is 8.71. The van der Waals surface area contributed by atoms with Crippen LogP contribution in [0.4, 0.5) is 0 Å². The number of halogens is 1. The van der Waals surface area contributed by atoms with Crippen LogP contribution in [0, 0.1) is 0 Å². The Kier molecular flexibility index (Phi) is 7.58. The molecule has 1 atom stereocenters. The minimum atomic E-state index is -0.692. The molecule has 1 aliphatic rings. The summed E-state index contributed by atoms with van der Waals surface area (Å²) in [5.74, 6) is 0.185. The van der Waals surface area contributed by atoms with E-state index in [-0.39, 0.29) is 12.2 Å². The first-order valence-electron chi connectivity index (χ1n) is 13.5. The lowest BCUT2D eigenvalue weighted by atomic mass is 9.96. The molecule has 3 heterocycles. The number of benzene rings is 3. The Labute approximate surface area is 251 Å². The van der Waals surface area contributed by atoms with Crippen molar-refractivity contribution in [3.05, 3.63) is 132 Å². The van der Waals surface area contributed by atoms with Gasteiger partial charge in [0.25, 0.3) is 5.56 Å². The SMILES string of the molecule is CCOC(=O)C1=C(C)N=c2sc(=Cc3cc4ccccc4n3Cc3ccccc3Cl)c(=O)n2C1c1ccc(OC)cc1. The molecule has 6 rings (SSSR count). The molecule has 0 radical (unpaired) electrons. The van der Waals surface area contributed by atoms with Gasteiger partial charge in [0.15, 0.2) is 4.80 Å². The number of hydrogen-bond acceptors (Lipinski definition) is 6. The molecule has 3 aromatic carbocycles. The lowest BCUT2D eigenvalue weighted by Crippen LogP contribution is -2.40. The molecular weight excluding hydrogens is 570 g/mol. The zero-order valence-electron chi connectivity index (χ0n) is 23.3. The summed E-state index contributed by atoms with van der Waals surface area (Å²) in [7, 11) is 1.59. The van der Waals surface area contributed by atoms with Gasteiger partial charge in [-0.15, -0.1) is 0 Å². The van der Waals surface area contributed by atoms with Crippen molar-refractivity contribution >= 4 is 45.9 Å². The average Bonchev–Trinajstić information content (AvgIpc) is 3.49. The van der Waals surface area contributed by atoms with Crippen LogP contribution in [0.5, 0.6) is 5.75 Å². The number of esters is 1. The Bertz CT molecular complexity index is 2040. The molecule has 5 aromatic rings. The van der Waals surface area contributed by atoms with Gasteiger partial charge in [-0.3, -0.25) is 9.36 Å². The summed E-state index contributed by atoms with van der Waals surface area (Å²) in [6, 6.07) is 24.6. The van der Waals surface area contributed by atoms with Gasteiger partial charge >= 0.3 is 5.97 Å². The summed E-state index contributed by atoms with van der Waals surface area (Å²) >= 11 is 7.83. The minimum absolute atomic E-state index is 0.214. The highest BCUT2D eigenvalue weighted by atomic mass is 35.5. The monoisotopic (exact) mass is 597 g/mol. The molecule has 1 unspecified atom stereocenters. The van der Waals surface area contributed by atoms with E-state index in [0.29, 0.717) is 37.9 Å². The van der Waals surface area contributed by atoms with Crippen molar-refractivity contribution in [2.24, 2.45) is 4.99 Å². The topological polar surface area (TPSA) is 74.8 Å². The Morgan fingerprint density at radius 3 is 2.55 bits per heavy atom. The molecule has 0 aliphatic carbocycles. The lowest BCUT2D eigenvalue weighted by molar-refractivity contribution is -0.139. The maximum atomic E-state index is 14.1. The molecule has 2 aromatic heterocycles. The smallest absolute Gasteiger partial charge is 0.338 e. The number of rotatable bonds is 7. The van der Waals surface area contributed by atoms with Gasteiger partial charge in [-0.05, 0) is 61.4 Å². The standard InChI is InChI=1S/C33H28ClN3O4S/c1-4-41-32(39)29-20(2)35-33-37(30(29)21-13-15-25(40-3)16-14-21)31(38)28(42-33)18-24-17-22-9-6-8-12-27(22)36(24)19-23-10-5-7-11-26(23)34/h5-18,30H,4,19H2,1-3H3. The lowest BCUT2D eigenvalue weighted by Gasteiger charge is -2.24. The number of fused-ring (bicyclic) bond motifs is 2. The van der Waals surface area contributed by atoms with Gasteiger partial charge in [-0.1, -0.05) is 71.5 Å². The fourth-order valence-corrected chi connectivity index (χ4v) is 6.58. The maximum Gasteiger partial charge on any atom is 0.338 e. The maximum absolute atomic E-state index is 14.1. The Morgan fingerprint density at radius 2 is 1.81 bits per heavy atom. The van der Waals surface area contributed by atoms with Crippen molar-refractivity contribution in [1.82, 2.24) is 9.13 Å². The van der Waals surface area contributed by atoms with Crippen LogP contribution < -0.4 is 19.6 Å². The van der Waals surface area contributed by atoms with Crippen molar-refractivity contribution in [1.29, 1.82) is 0 Å². The normalized spacial score (nSPS) is 15.0. The van der Waals surface area contributed by atoms with Crippen molar-refractivity contribution in [3.8, 4) is 5.75 Å². The molecule has 212 valence electrons. The Balaban J connectivity index is 1.54. The number of para-hydroxylation sites is 1. The summed E-state index contributed by atoms with van der Waals surface area (Å²) in [6.07, 6.45) is 1.90. The van der Waals surface area contributed by atoms with Gasteiger partial charge in [-0.25, -0.2) is 9.79 Å². The van der Waals surface area contributed by atoms with Gasteiger partial charge < -0.3 is 14.0 Å². The van der Waals surface area contributed by atoms with Crippen LogP contribution in [0.15, 0.2) is 99.9 Å². The van der Waals surface area contributed by atoms with E-state index >= 15 is 0 Å². The van der Waals surface area contributed by atoms with Crippen LogP contribution in [0.2, 0.25) is 5.02 Å². The molecule has 0 spiro atoms. The van der Waals surface area contributed by atoms with Crippen molar-refractivity contribution < 1.29 is 14.3 Å². The summed E-state index contributed by atoms with van der Waals surface area (Å²) in [5, 5.41) is 1.74. The zero-order valence-corrected chi connectivity index (χ0v) is 24.9. The van der Waals surface area contributed by atoms with Crippen LogP contribution in [0.3, 0.4) is 0 Å². The second kappa shape index (κ2) is 11.5. The highest BCUT2D eigenvalue weighted by Gasteiger charge is 2.33. The number of allylic oxidation sites excluding steroid dienone is 1. The predicted molar refractivity (Wildman–Crippen MR) is 166 cm³/mol. The predicted octanol–water partition coefficient (Wildman–Crippen LogP) is 5.46. The van der Waals surface area contributed by atoms with Gasteiger partial charge in [0.05, 0.1) is 35.6 Å². The number of carbonyl (C=O) groups is 1. The second-order valence-electron chi connectivity index (χ2n) is 9.88. The largest absolute Gasteiger partial charge is 0.497 e. The van der Waals surface area contributed by atoms with Crippen molar-refractivity contribution in [2.75, 3.05) is 13.7 Å². The molecule has 1 aliphatic heterocycles. The van der Waals surface area contributed by atoms with E-state index < -0.39 is 12.0 Å². The van der Waals surface area contributed by atoms with Crippen LogP contribution in [0.25, 0.3) is 17.0 Å². The summed E-state index contributed by atoms with van der Waals surface area (Å²) in [6.45, 7) is 4.29. The number of ether oxygens (including phenoxy) is 2. The first-order chi connectivity index (χ1) is 20.4. The number of hydrogen-bond donors (Lipinski definition) is 0. The van der Waals surface area contributed by atoms with E-state index in [1.807, 2.05) is 66.7 Å². The molecule has 0 N–H and O–H groups in total. The molecule has 0 saturated carbocycles. The average molecular weight is 598 g/mol. The first kappa shape index (κ1) is 27.8. The molecule has 42 heavy (non-hydrogen) atoms.